The Balaban J connectivity index is 1.63. The van der Waals surface area contributed by atoms with Crippen LogP contribution in [-0.4, -0.2) is 42.6 Å². The van der Waals surface area contributed by atoms with E-state index in [1.807, 2.05) is 24.3 Å². The van der Waals surface area contributed by atoms with Gasteiger partial charge in [0.15, 0.2) is 17.3 Å². The molecule has 2 N–H and O–H groups in total. The second-order valence-corrected chi connectivity index (χ2v) is 7.44. The first-order chi connectivity index (χ1) is 13.7. The molecule has 0 atom stereocenters. The molecular formula is C20H22N4O3S. The summed E-state index contributed by atoms with van der Waals surface area (Å²) >= 11 is 1.29. The molecule has 4 rings (SSSR count). The topological polar surface area (TPSA) is 85.4 Å². The van der Waals surface area contributed by atoms with E-state index < -0.39 is 0 Å². The monoisotopic (exact) mass is 398 g/mol. The Morgan fingerprint density at radius 2 is 1.93 bits per heavy atom. The minimum atomic E-state index is 0.0278. The van der Waals surface area contributed by atoms with Gasteiger partial charge in [0, 0.05) is 17.7 Å². The summed E-state index contributed by atoms with van der Waals surface area (Å²) in [5.41, 5.74) is 1.87. The number of rotatable bonds is 5. The van der Waals surface area contributed by atoms with Crippen molar-refractivity contribution in [1.82, 2.24) is 14.7 Å². The molecule has 1 aliphatic heterocycles. The summed E-state index contributed by atoms with van der Waals surface area (Å²) in [6.07, 6.45) is 3.51. The number of ether oxygens (including phenoxy) is 2. The number of piperidine rings is 1. The maximum Gasteiger partial charge on any atom is 0.228 e. The van der Waals surface area contributed by atoms with Crippen molar-refractivity contribution in [3.8, 4) is 22.6 Å². The second kappa shape index (κ2) is 8.12. The number of nitrogens with one attached hydrogen (secondary N) is 2. The summed E-state index contributed by atoms with van der Waals surface area (Å²) in [7, 11) is 3.22. The number of fused-ring (bicyclic) bond motifs is 1. The van der Waals surface area contributed by atoms with E-state index in [1.165, 1.54) is 11.5 Å². The lowest BCUT2D eigenvalue weighted by Gasteiger charge is -2.21. The quantitative estimate of drug-likeness (QED) is 0.686. The molecule has 1 amide bonds. The standard InChI is InChI=1S/C20H22N4O3S/c1-26-16-4-3-13(10-17(16)27-2)14-9-15-18(24-28-20(15)22-11-14)23-19(25)12-5-7-21-8-6-12/h3-4,9-12,21H,5-8H2,1-2H3,(H,23,24,25). The van der Waals surface area contributed by atoms with Crippen molar-refractivity contribution in [2.45, 2.75) is 12.8 Å². The van der Waals surface area contributed by atoms with E-state index >= 15 is 0 Å². The first-order valence-corrected chi connectivity index (χ1v) is 9.96. The SMILES string of the molecule is COc1ccc(-c2cnc3snc(NC(=O)C4CCNCC4)c3c2)cc1OC. The molecule has 7 nitrogen and oxygen atoms in total. The highest BCUT2D eigenvalue weighted by atomic mass is 32.1. The molecule has 146 valence electrons. The van der Waals surface area contributed by atoms with E-state index in [0.717, 1.165) is 47.3 Å². The fraction of sp³-hybridized carbons (Fsp3) is 0.350. The van der Waals surface area contributed by atoms with Crippen LogP contribution in [0.3, 0.4) is 0 Å². The number of hydrogen-bond acceptors (Lipinski definition) is 7. The van der Waals surface area contributed by atoms with E-state index in [4.69, 9.17) is 9.47 Å². The molecule has 0 radical (unpaired) electrons. The van der Waals surface area contributed by atoms with Gasteiger partial charge >= 0.3 is 0 Å². The van der Waals surface area contributed by atoms with Gasteiger partial charge in [-0.3, -0.25) is 4.79 Å². The predicted molar refractivity (Wildman–Crippen MR) is 110 cm³/mol. The molecular weight excluding hydrogens is 376 g/mol. The molecule has 0 aliphatic carbocycles. The van der Waals surface area contributed by atoms with Crippen LogP contribution in [0.25, 0.3) is 21.3 Å². The number of aromatic nitrogens is 2. The summed E-state index contributed by atoms with van der Waals surface area (Å²) in [6.45, 7) is 1.75. The molecule has 0 bridgehead atoms. The maximum atomic E-state index is 12.6. The molecule has 1 saturated heterocycles. The molecule has 0 saturated carbocycles. The Labute approximate surface area is 167 Å². The third-order valence-corrected chi connectivity index (χ3v) is 5.77. The summed E-state index contributed by atoms with van der Waals surface area (Å²) in [6, 6.07) is 7.74. The summed E-state index contributed by atoms with van der Waals surface area (Å²) < 4.78 is 15.1. The van der Waals surface area contributed by atoms with Gasteiger partial charge in [-0.1, -0.05) is 6.07 Å². The van der Waals surface area contributed by atoms with Crippen LogP contribution in [0.5, 0.6) is 11.5 Å². The lowest BCUT2D eigenvalue weighted by atomic mass is 9.97. The first-order valence-electron chi connectivity index (χ1n) is 9.19. The van der Waals surface area contributed by atoms with Gasteiger partial charge in [0.25, 0.3) is 0 Å². The third-order valence-electron chi connectivity index (χ3n) is 5.00. The Morgan fingerprint density at radius 1 is 1.14 bits per heavy atom. The van der Waals surface area contributed by atoms with E-state index in [9.17, 15) is 4.79 Å². The van der Waals surface area contributed by atoms with Crippen LogP contribution >= 0.6 is 11.5 Å². The number of methoxy groups -OCH3 is 2. The molecule has 1 aliphatic rings. The van der Waals surface area contributed by atoms with Crippen molar-refractivity contribution in [1.29, 1.82) is 0 Å². The van der Waals surface area contributed by atoms with Crippen molar-refractivity contribution in [3.05, 3.63) is 30.5 Å². The average molecular weight is 398 g/mol. The molecule has 3 aromatic rings. The Morgan fingerprint density at radius 3 is 2.68 bits per heavy atom. The molecule has 8 heteroatoms. The van der Waals surface area contributed by atoms with Crippen LogP contribution in [-0.2, 0) is 4.79 Å². The van der Waals surface area contributed by atoms with E-state index in [0.29, 0.717) is 17.3 Å². The zero-order valence-electron chi connectivity index (χ0n) is 15.8. The number of hydrogen-bond donors (Lipinski definition) is 2. The predicted octanol–water partition coefficient (Wildman–Crippen LogP) is 3.31. The number of pyridine rings is 1. The van der Waals surface area contributed by atoms with Crippen molar-refractivity contribution >= 4 is 33.5 Å². The second-order valence-electron chi connectivity index (χ2n) is 6.69. The van der Waals surface area contributed by atoms with Crippen molar-refractivity contribution in [3.63, 3.8) is 0 Å². The zero-order chi connectivity index (χ0) is 19.5. The smallest absolute Gasteiger partial charge is 0.228 e. The number of carbonyl (C=O) groups excluding carboxylic acids is 1. The van der Waals surface area contributed by atoms with Gasteiger partial charge in [0.1, 0.15) is 4.83 Å². The molecule has 3 heterocycles. The third kappa shape index (κ3) is 3.65. The Bertz CT molecular complexity index is 998. The van der Waals surface area contributed by atoms with Crippen LogP contribution in [0.2, 0.25) is 0 Å². The van der Waals surface area contributed by atoms with E-state index in [-0.39, 0.29) is 11.8 Å². The summed E-state index contributed by atoms with van der Waals surface area (Å²) in [4.78, 5) is 17.9. The van der Waals surface area contributed by atoms with Crippen LogP contribution in [0.15, 0.2) is 30.5 Å². The van der Waals surface area contributed by atoms with Gasteiger partial charge in [-0.25, -0.2) is 4.98 Å². The lowest BCUT2D eigenvalue weighted by Crippen LogP contribution is -2.34. The van der Waals surface area contributed by atoms with E-state index in [1.54, 1.807) is 20.4 Å². The van der Waals surface area contributed by atoms with Crippen molar-refractivity contribution in [2.75, 3.05) is 32.6 Å². The van der Waals surface area contributed by atoms with E-state index in [2.05, 4.69) is 20.0 Å². The minimum absolute atomic E-state index is 0.0278. The number of amides is 1. The summed E-state index contributed by atoms with van der Waals surface area (Å²) in [5.74, 6) is 1.97. The molecule has 1 fully saturated rings. The number of nitrogens with zero attached hydrogens (tertiary/aromatic N) is 2. The maximum absolute atomic E-state index is 12.6. The van der Waals surface area contributed by atoms with Crippen LogP contribution in [0.4, 0.5) is 5.82 Å². The van der Waals surface area contributed by atoms with Gasteiger partial charge < -0.3 is 20.1 Å². The average Bonchev–Trinajstić information content (AvgIpc) is 3.15. The first kappa shape index (κ1) is 18.6. The molecule has 2 aromatic heterocycles. The largest absolute Gasteiger partial charge is 0.493 e. The highest BCUT2D eigenvalue weighted by molar-refractivity contribution is 7.13. The van der Waals surface area contributed by atoms with Gasteiger partial charge in [-0.15, -0.1) is 0 Å². The molecule has 0 unspecified atom stereocenters. The van der Waals surface area contributed by atoms with Crippen LogP contribution < -0.4 is 20.1 Å². The highest BCUT2D eigenvalue weighted by Crippen LogP contribution is 2.35. The van der Waals surface area contributed by atoms with Crippen LogP contribution in [0, 0.1) is 5.92 Å². The van der Waals surface area contributed by atoms with Gasteiger partial charge in [-0.05, 0) is 61.2 Å². The van der Waals surface area contributed by atoms with Gasteiger partial charge in [0.2, 0.25) is 5.91 Å². The number of carbonyl (C=O) groups is 1. The molecule has 28 heavy (non-hydrogen) atoms. The zero-order valence-corrected chi connectivity index (χ0v) is 16.6. The van der Waals surface area contributed by atoms with Crippen molar-refractivity contribution in [2.24, 2.45) is 5.92 Å². The Kier molecular flexibility index (Phi) is 5.40. The van der Waals surface area contributed by atoms with Gasteiger partial charge in [-0.2, -0.15) is 4.37 Å². The van der Waals surface area contributed by atoms with Crippen LogP contribution in [0.1, 0.15) is 12.8 Å². The molecule has 1 aromatic carbocycles. The number of benzene rings is 1. The fourth-order valence-electron chi connectivity index (χ4n) is 3.40. The fourth-order valence-corrected chi connectivity index (χ4v) is 4.07. The Hall–Kier alpha value is -2.71. The normalized spacial score (nSPS) is 14.8. The lowest BCUT2D eigenvalue weighted by molar-refractivity contribution is -0.120. The van der Waals surface area contributed by atoms with Gasteiger partial charge in [0.05, 0.1) is 19.6 Å². The summed E-state index contributed by atoms with van der Waals surface area (Å²) in [5, 5.41) is 7.13. The molecule has 0 spiro atoms. The minimum Gasteiger partial charge on any atom is -0.493 e. The highest BCUT2D eigenvalue weighted by Gasteiger charge is 2.22. The van der Waals surface area contributed by atoms with Crippen molar-refractivity contribution < 1.29 is 14.3 Å². The number of anilines is 1.